The Morgan fingerprint density at radius 3 is 2.75 bits per heavy atom. The Morgan fingerprint density at radius 1 is 1.35 bits per heavy atom. The molecule has 104 valence electrons. The molecular formula is C14H12BrFN2O2. The lowest BCUT2D eigenvalue weighted by Crippen LogP contribution is -2.14. The summed E-state index contributed by atoms with van der Waals surface area (Å²) in [5, 5.41) is 11.8. The van der Waals surface area contributed by atoms with Crippen LogP contribution in [0.4, 0.5) is 4.39 Å². The molecule has 0 amide bonds. The number of ether oxygens (including phenoxy) is 1. The Kier molecular flexibility index (Phi) is 4.24. The van der Waals surface area contributed by atoms with Crippen LogP contribution >= 0.6 is 15.9 Å². The lowest BCUT2D eigenvalue weighted by molar-refractivity contribution is 0.318. The van der Waals surface area contributed by atoms with Crippen LogP contribution in [0.1, 0.15) is 11.1 Å². The van der Waals surface area contributed by atoms with Crippen molar-refractivity contribution in [3.05, 3.63) is 57.8 Å². The van der Waals surface area contributed by atoms with Gasteiger partial charge in [-0.05, 0) is 46.6 Å². The number of hydrogen-bond donors (Lipinski definition) is 2. The van der Waals surface area contributed by atoms with Crippen LogP contribution in [0.25, 0.3) is 0 Å². The fraction of sp³-hybridized carbons (Fsp3) is 0.0714. The molecule has 0 aliphatic carbocycles. The molecule has 0 spiro atoms. The molecule has 0 unspecified atom stereocenters. The van der Waals surface area contributed by atoms with Gasteiger partial charge in [0, 0.05) is 6.07 Å². The maximum atomic E-state index is 13.5. The Hall–Kier alpha value is -2.08. The van der Waals surface area contributed by atoms with E-state index in [1.54, 1.807) is 24.3 Å². The molecule has 0 saturated carbocycles. The predicted octanol–water partition coefficient (Wildman–Crippen LogP) is 3.78. The number of amidine groups is 1. The Morgan fingerprint density at radius 2 is 2.10 bits per heavy atom. The number of halogens is 2. The summed E-state index contributed by atoms with van der Waals surface area (Å²) in [5.41, 5.74) is 6.84. The number of rotatable bonds is 3. The molecule has 20 heavy (non-hydrogen) atoms. The topological polar surface area (TPSA) is 67.8 Å². The van der Waals surface area contributed by atoms with Gasteiger partial charge in [0.25, 0.3) is 0 Å². The van der Waals surface area contributed by atoms with E-state index in [0.29, 0.717) is 21.5 Å². The summed E-state index contributed by atoms with van der Waals surface area (Å²) in [6.45, 7) is 1.82. The second kappa shape index (κ2) is 5.92. The van der Waals surface area contributed by atoms with Crippen molar-refractivity contribution < 1.29 is 14.3 Å². The summed E-state index contributed by atoms with van der Waals surface area (Å²) >= 11 is 3.08. The van der Waals surface area contributed by atoms with E-state index < -0.39 is 5.82 Å². The molecule has 0 bridgehead atoms. The van der Waals surface area contributed by atoms with E-state index in [4.69, 9.17) is 15.7 Å². The summed E-state index contributed by atoms with van der Waals surface area (Å²) in [4.78, 5) is 0. The summed E-state index contributed by atoms with van der Waals surface area (Å²) < 4.78 is 19.5. The summed E-state index contributed by atoms with van der Waals surface area (Å²) in [7, 11) is 0. The average Bonchev–Trinajstić information content (AvgIpc) is 2.44. The van der Waals surface area contributed by atoms with Crippen molar-refractivity contribution in [3.63, 3.8) is 0 Å². The molecule has 0 radical (unpaired) electrons. The molecule has 2 rings (SSSR count). The van der Waals surface area contributed by atoms with Gasteiger partial charge in [0.1, 0.15) is 17.3 Å². The highest BCUT2D eigenvalue weighted by molar-refractivity contribution is 9.10. The average molecular weight is 339 g/mol. The molecule has 6 heteroatoms. The summed E-state index contributed by atoms with van der Waals surface area (Å²) in [6, 6.07) is 9.66. The maximum Gasteiger partial charge on any atom is 0.173 e. The zero-order valence-corrected chi connectivity index (χ0v) is 12.2. The van der Waals surface area contributed by atoms with Gasteiger partial charge in [-0.2, -0.15) is 0 Å². The molecule has 0 fully saturated rings. The number of nitrogens with zero attached hydrogens (tertiary/aromatic N) is 1. The smallest absolute Gasteiger partial charge is 0.173 e. The van der Waals surface area contributed by atoms with Crippen LogP contribution in [0.2, 0.25) is 0 Å². The zero-order valence-electron chi connectivity index (χ0n) is 10.6. The molecule has 0 aliphatic rings. The van der Waals surface area contributed by atoms with Crippen molar-refractivity contribution in [2.45, 2.75) is 6.92 Å². The third kappa shape index (κ3) is 2.91. The number of hydrogen-bond acceptors (Lipinski definition) is 3. The molecule has 0 aliphatic heterocycles. The lowest BCUT2D eigenvalue weighted by atomic mass is 10.1. The van der Waals surface area contributed by atoms with Gasteiger partial charge in [-0.25, -0.2) is 4.39 Å². The fourth-order valence-electron chi connectivity index (χ4n) is 1.70. The molecule has 0 atom stereocenters. The van der Waals surface area contributed by atoms with Crippen LogP contribution in [0.3, 0.4) is 0 Å². The quantitative estimate of drug-likeness (QED) is 0.387. The van der Waals surface area contributed by atoms with Gasteiger partial charge in [-0.15, -0.1) is 0 Å². The van der Waals surface area contributed by atoms with E-state index in [1.807, 2.05) is 13.0 Å². The normalized spacial score (nSPS) is 11.4. The molecule has 3 N–H and O–H groups in total. The number of aryl methyl sites for hydroxylation is 1. The molecule has 0 heterocycles. The van der Waals surface area contributed by atoms with Crippen LogP contribution < -0.4 is 10.5 Å². The van der Waals surface area contributed by atoms with E-state index in [2.05, 4.69) is 21.1 Å². The third-order valence-corrected chi connectivity index (χ3v) is 3.35. The van der Waals surface area contributed by atoms with Crippen LogP contribution in [0.15, 0.2) is 46.0 Å². The van der Waals surface area contributed by atoms with Crippen LogP contribution in [0.5, 0.6) is 11.5 Å². The van der Waals surface area contributed by atoms with E-state index in [0.717, 1.165) is 5.56 Å². The van der Waals surface area contributed by atoms with Crippen molar-refractivity contribution >= 4 is 21.8 Å². The first-order valence-corrected chi connectivity index (χ1v) is 6.52. The summed E-state index contributed by atoms with van der Waals surface area (Å²) in [5.74, 6) is 0.249. The molecule has 0 aromatic heterocycles. The number of nitrogens with two attached hydrogens (primary N) is 1. The monoisotopic (exact) mass is 338 g/mol. The zero-order chi connectivity index (χ0) is 14.7. The standard InChI is InChI=1S/C14H12BrFN2O2/c1-8-3-2-4-10(14(17)18-19)13(8)20-9-5-6-11(15)12(16)7-9/h2-7,19H,1H3,(H2,17,18). The molecule has 2 aromatic rings. The van der Waals surface area contributed by atoms with E-state index in [9.17, 15) is 4.39 Å². The van der Waals surface area contributed by atoms with Crippen LogP contribution in [0, 0.1) is 12.7 Å². The van der Waals surface area contributed by atoms with Gasteiger partial charge < -0.3 is 15.7 Å². The SMILES string of the molecule is Cc1cccc(/C(N)=N/O)c1Oc1ccc(Br)c(F)c1. The van der Waals surface area contributed by atoms with E-state index in [1.165, 1.54) is 6.07 Å². The molecule has 4 nitrogen and oxygen atoms in total. The minimum absolute atomic E-state index is 0.0683. The van der Waals surface area contributed by atoms with Gasteiger partial charge >= 0.3 is 0 Å². The van der Waals surface area contributed by atoms with Gasteiger partial charge in [0.2, 0.25) is 0 Å². The Balaban J connectivity index is 2.45. The van der Waals surface area contributed by atoms with Gasteiger partial charge in [-0.3, -0.25) is 0 Å². The van der Waals surface area contributed by atoms with Crippen molar-refractivity contribution in [3.8, 4) is 11.5 Å². The minimum atomic E-state index is -0.429. The number of benzene rings is 2. The highest BCUT2D eigenvalue weighted by Gasteiger charge is 2.12. The second-order valence-electron chi connectivity index (χ2n) is 4.11. The fourth-order valence-corrected chi connectivity index (χ4v) is 1.95. The highest BCUT2D eigenvalue weighted by atomic mass is 79.9. The van der Waals surface area contributed by atoms with Gasteiger partial charge in [0.15, 0.2) is 5.84 Å². The third-order valence-electron chi connectivity index (χ3n) is 2.71. The van der Waals surface area contributed by atoms with Gasteiger partial charge in [0.05, 0.1) is 10.0 Å². The minimum Gasteiger partial charge on any atom is -0.456 e. The first-order valence-electron chi connectivity index (χ1n) is 5.73. The molecular weight excluding hydrogens is 327 g/mol. The largest absolute Gasteiger partial charge is 0.456 e. The van der Waals surface area contributed by atoms with E-state index >= 15 is 0 Å². The first-order chi connectivity index (χ1) is 9.52. The summed E-state index contributed by atoms with van der Waals surface area (Å²) in [6.07, 6.45) is 0. The second-order valence-corrected chi connectivity index (χ2v) is 4.97. The van der Waals surface area contributed by atoms with Crippen molar-refractivity contribution in [2.24, 2.45) is 10.9 Å². The molecule has 0 saturated heterocycles. The van der Waals surface area contributed by atoms with Crippen molar-refractivity contribution in [1.82, 2.24) is 0 Å². The number of oxime groups is 1. The van der Waals surface area contributed by atoms with Crippen molar-refractivity contribution in [2.75, 3.05) is 0 Å². The highest BCUT2D eigenvalue weighted by Crippen LogP contribution is 2.30. The van der Waals surface area contributed by atoms with Crippen LogP contribution in [-0.4, -0.2) is 11.0 Å². The Labute approximate surface area is 123 Å². The van der Waals surface area contributed by atoms with Crippen LogP contribution in [-0.2, 0) is 0 Å². The van der Waals surface area contributed by atoms with E-state index in [-0.39, 0.29) is 5.84 Å². The predicted molar refractivity (Wildman–Crippen MR) is 77.9 cm³/mol. The Bertz CT molecular complexity index is 674. The lowest BCUT2D eigenvalue weighted by Gasteiger charge is -2.13. The number of para-hydroxylation sites is 1. The maximum absolute atomic E-state index is 13.5. The first kappa shape index (κ1) is 14.3. The van der Waals surface area contributed by atoms with Gasteiger partial charge in [-0.1, -0.05) is 17.3 Å². The molecule has 2 aromatic carbocycles. The van der Waals surface area contributed by atoms with Crippen molar-refractivity contribution in [1.29, 1.82) is 0 Å².